The lowest BCUT2D eigenvalue weighted by atomic mass is 10.00. The summed E-state index contributed by atoms with van der Waals surface area (Å²) >= 11 is 0. The van der Waals surface area contributed by atoms with Crippen LogP contribution in [0.5, 0.6) is 0 Å². The third kappa shape index (κ3) is 1.83. The first kappa shape index (κ1) is 12.5. The minimum atomic E-state index is -0.603. The number of amides is 3. The number of fused-ring (bicyclic) bond motifs is 1. The second-order valence-electron chi connectivity index (χ2n) is 4.23. The van der Waals surface area contributed by atoms with Crippen molar-refractivity contribution in [1.29, 1.82) is 0 Å². The van der Waals surface area contributed by atoms with Crippen LogP contribution in [0.3, 0.4) is 0 Å². The molecule has 3 amide bonds. The second-order valence-corrected chi connectivity index (χ2v) is 4.23. The monoisotopic (exact) mass is 250 g/mol. The zero-order valence-electron chi connectivity index (χ0n) is 10.7. The molecule has 0 radical (unpaired) electrons. The lowest BCUT2D eigenvalue weighted by Gasteiger charge is -2.26. The Labute approximate surface area is 105 Å². The number of carbonyl (C=O) groups is 2. The van der Waals surface area contributed by atoms with Crippen LogP contribution in [-0.2, 0) is 9.53 Å². The minimum absolute atomic E-state index is 0.299. The zero-order chi connectivity index (χ0) is 13.3. The van der Waals surface area contributed by atoms with Crippen LogP contribution >= 0.6 is 0 Å². The first-order valence-corrected chi connectivity index (χ1v) is 5.87. The fourth-order valence-electron chi connectivity index (χ4n) is 1.96. The lowest BCUT2D eigenvalue weighted by Crippen LogP contribution is -2.53. The van der Waals surface area contributed by atoms with Gasteiger partial charge in [-0.1, -0.05) is 6.92 Å². The Hall–Kier alpha value is -1.98. The van der Waals surface area contributed by atoms with Gasteiger partial charge in [0, 0.05) is 6.08 Å². The number of amidine groups is 1. The van der Waals surface area contributed by atoms with E-state index in [1.807, 2.05) is 6.92 Å². The molecule has 2 heterocycles. The number of ether oxygens (including phenoxy) is 1. The molecule has 0 saturated carbocycles. The molecule has 0 saturated heterocycles. The third-order valence-electron chi connectivity index (χ3n) is 2.96. The lowest BCUT2D eigenvalue weighted by molar-refractivity contribution is -0.407. The summed E-state index contributed by atoms with van der Waals surface area (Å²) in [6.07, 6.45) is 4.09. The van der Waals surface area contributed by atoms with E-state index in [9.17, 15) is 9.59 Å². The molecule has 0 spiro atoms. The summed E-state index contributed by atoms with van der Waals surface area (Å²) in [7, 11) is 3.07. The second kappa shape index (κ2) is 4.72. The van der Waals surface area contributed by atoms with Gasteiger partial charge in [0.25, 0.3) is 5.84 Å². The molecule has 0 aromatic rings. The SMILES string of the molecule is CCCOC1=CC=NC2=[N+](C)C(=O)N(C)C(=O)C12. The number of rotatable bonds is 3. The van der Waals surface area contributed by atoms with E-state index in [1.165, 1.54) is 11.6 Å². The number of imide groups is 1. The van der Waals surface area contributed by atoms with Gasteiger partial charge in [0.15, 0.2) is 5.92 Å². The van der Waals surface area contributed by atoms with E-state index >= 15 is 0 Å². The quantitative estimate of drug-likeness (QED) is 0.690. The van der Waals surface area contributed by atoms with Crippen molar-refractivity contribution in [3.63, 3.8) is 0 Å². The highest BCUT2D eigenvalue weighted by Gasteiger charge is 2.47. The molecule has 0 aromatic carbocycles. The summed E-state index contributed by atoms with van der Waals surface area (Å²) in [6.45, 7) is 2.53. The molecule has 0 fully saturated rings. The van der Waals surface area contributed by atoms with E-state index in [-0.39, 0.29) is 11.9 Å². The van der Waals surface area contributed by atoms with Crippen molar-refractivity contribution in [2.75, 3.05) is 20.7 Å². The first-order valence-electron chi connectivity index (χ1n) is 5.87. The Morgan fingerprint density at radius 2 is 2.22 bits per heavy atom. The summed E-state index contributed by atoms with van der Waals surface area (Å²) in [5.41, 5.74) is 0. The van der Waals surface area contributed by atoms with Gasteiger partial charge < -0.3 is 4.74 Å². The van der Waals surface area contributed by atoms with Crippen molar-refractivity contribution in [2.24, 2.45) is 10.9 Å². The number of hydrogen-bond donors (Lipinski definition) is 0. The smallest absolute Gasteiger partial charge is 0.445 e. The molecule has 18 heavy (non-hydrogen) atoms. The Morgan fingerprint density at radius 3 is 2.89 bits per heavy atom. The van der Waals surface area contributed by atoms with Gasteiger partial charge in [0.1, 0.15) is 12.0 Å². The number of carbonyl (C=O) groups excluding carboxylic acids is 2. The van der Waals surface area contributed by atoms with Crippen LogP contribution in [0.15, 0.2) is 16.8 Å². The Morgan fingerprint density at radius 1 is 1.50 bits per heavy atom. The van der Waals surface area contributed by atoms with Crippen LogP contribution in [0.25, 0.3) is 0 Å². The van der Waals surface area contributed by atoms with Gasteiger partial charge >= 0.3 is 11.9 Å². The van der Waals surface area contributed by atoms with Crippen LogP contribution in [0.1, 0.15) is 13.3 Å². The zero-order valence-corrected chi connectivity index (χ0v) is 10.7. The van der Waals surface area contributed by atoms with Gasteiger partial charge in [0.05, 0.1) is 20.7 Å². The van der Waals surface area contributed by atoms with Gasteiger partial charge in [-0.25, -0.2) is 4.79 Å². The van der Waals surface area contributed by atoms with Crippen molar-refractivity contribution in [3.05, 3.63) is 11.8 Å². The average Bonchev–Trinajstić information content (AvgIpc) is 2.40. The minimum Gasteiger partial charge on any atom is -0.496 e. The Kier molecular flexibility index (Phi) is 3.27. The van der Waals surface area contributed by atoms with Crippen LogP contribution in [0.4, 0.5) is 4.79 Å². The number of allylic oxidation sites excluding steroid dienone is 1. The summed E-state index contributed by atoms with van der Waals surface area (Å²) in [4.78, 5) is 29.2. The molecule has 1 atom stereocenters. The number of nitrogens with zero attached hydrogens (tertiary/aromatic N) is 3. The van der Waals surface area contributed by atoms with Crippen molar-refractivity contribution < 1.29 is 18.9 Å². The average molecular weight is 250 g/mol. The van der Waals surface area contributed by atoms with Crippen LogP contribution in [0, 0.1) is 5.92 Å². The predicted molar refractivity (Wildman–Crippen MR) is 65.7 cm³/mol. The van der Waals surface area contributed by atoms with E-state index in [0.29, 0.717) is 18.2 Å². The predicted octanol–water partition coefficient (Wildman–Crippen LogP) is 0.630. The van der Waals surface area contributed by atoms with Gasteiger partial charge in [-0.05, 0) is 6.42 Å². The summed E-state index contributed by atoms with van der Waals surface area (Å²) < 4.78 is 6.95. The molecule has 0 bridgehead atoms. The molecule has 2 aliphatic rings. The van der Waals surface area contributed by atoms with Gasteiger partial charge in [-0.2, -0.15) is 9.48 Å². The molecule has 2 aliphatic heterocycles. The van der Waals surface area contributed by atoms with E-state index < -0.39 is 5.92 Å². The molecule has 0 aliphatic carbocycles. The maximum atomic E-state index is 12.2. The van der Waals surface area contributed by atoms with E-state index in [2.05, 4.69) is 4.99 Å². The topological polar surface area (TPSA) is 62.0 Å². The molecule has 96 valence electrons. The van der Waals surface area contributed by atoms with E-state index in [4.69, 9.17) is 4.74 Å². The summed E-state index contributed by atoms with van der Waals surface area (Å²) in [5, 5.41) is 0. The summed E-state index contributed by atoms with van der Waals surface area (Å²) in [5.74, 6) is 0.0799. The molecule has 6 nitrogen and oxygen atoms in total. The number of dihydropyridines is 1. The first-order chi connectivity index (χ1) is 8.57. The van der Waals surface area contributed by atoms with Crippen molar-refractivity contribution in [2.45, 2.75) is 13.3 Å². The van der Waals surface area contributed by atoms with Crippen molar-refractivity contribution >= 4 is 24.0 Å². The van der Waals surface area contributed by atoms with Crippen LogP contribution < -0.4 is 0 Å². The number of hydrogen-bond acceptors (Lipinski definition) is 4. The third-order valence-corrected chi connectivity index (χ3v) is 2.96. The molecule has 2 rings (SSSR count). The maximum absolute atomic E-state index is 12.2. The molecule has 0 aromatic heterocycles. The largest absolute Gasteiger partial charge is 0.496 e. The van der Waals surface area contributed by atoms with Crippen LogP contribution in [0.2, 0.25) is 0 Å². The Balaban J connectivity index is 2.40. The van der Waals surface area contributed by atoms with Crippen LogP contribution in [-0.4, -0.2) is 54.2 Å². The molecular weight excluding hydrogens is 234 g/mol. The number of aliphatic imine (C=N–C) groups is 1. The maximum Gasteiger partial charge on any atom is 0.445 e. The van der Waals surface area contributed by atoms with Crippen molar-refractivity contribution in [3.8, 4) is 0 Å². The molecule has 1 unspecified atom stereocenters. The Bertz CT molecular complexity index is 491. The van der Waals surface area contributed by atoms with Crippen molar-refractivity contribution in [1.82, 2.24) is 4.90 Å². The standard InChI is InChI=1S/C12H16N3O3/c1-4-7-18-8-5-6-13-10-9(8)11(16)15(3)12(17)14(10)2/h5-6,9H,4,7H2,1-3H3/q+1. The molecular formula is C12H16N3O3+. The highest BCUT2D eigenvalue weighted by molar-refractivity contribution is 6.15. The van der Waals surface area contributed by atoms with Gasteiger partial charge in [-0.3, -0.25) is 4.79 Å². The molecule has 6 heteroatoms. The fourth-order valence-corrected chi connectivity index (χ4v) is 1.96. The summed E-state index contributed by atoms with van der Waals surface area (Å²) in [6, 6.07) is -0.375. The number of urea groups is 1. The van der Waals surface area contributed by atoms with E-state index in [1.54, 1.807) is 19.3 Å². The highest BCUT2D eigenvalue weighted by atomic mass is 16.5. The normalized spacial score (nSPS) is 23.2. The highest BCUT2D eigenvalue weighted by Crippen LogP contribution is 2.24. The molecule has 0 N–H and O–H groups in total. The van der Waals surface area contributed by atoms with Gasteiger partial charge in [-0.15, -0.1) is 4.99 Å². The van der Waals surface area contributed by atoms with E-state index in [0.717, 1.165) is 11.3 Å². The van der Waals surface area contributed by atoms with Gasteiger partial charge in [0.2, 0.25) is 0 Å². The fraction of sp³-hybridized carbons (Fsp3) is 0.500.